The van der Waals surface area contributed by atoms with Crippen LogP contribution >= 0.6 is 0 Å². The lowest BCUT2D eigenvalue weighted by Crippen LogP contribution is -2.31. The smallest absolute Gasteiger partial charge is 0.314 e. The van der Waals surface area contributed by atoms with Crippen LogP contribution in [0.5, 0.6) is 5.75 Å². The third-order valence-electron chi connectivity index (χ3n) is 6.31. The summed E-state index contributed by atoms with van der Waals surface area (Å²) >= 11 is 0. The van der Waals surface area contributed by atoms with Gasteiger partial charge in [0.25, 0.3) is 0 Å². The second-order valence-corrected chi connectivity index (χ2v) is 8.73. The van der Waals surface area contributed by atoms with E-state index in [1.165, 1.54) is 28.3 Å². The molecule has 1 aliphatic rings. The molecule has 8 nitrogen and oxygen atoms in total. The second-order valence-electron chi connectivity index (χ2n) is 8.73. The Kier molecular flexibility index (Phi) is 8.65. The molecule has 186 valence electrons. The third-order valence-corrected chi connectivity index (χ3v) is 6.31. The summed E-state index contributed by atoms with van der Waals surface area (Å²) in [5, 5.41) is 30.0. The van der Waals surface area contributed by atoms with Crippen molar-refractivity contribution < 1.29 is 24.9 Å². The van der Waals surface area contributed by atoms with Gasteiger partial charge in [-0.25, -0.2) is 0 Å². The number of aliphatic carboxylic acids is 2. The van der Waals surface area contributed by atoms with Gasteiger partial charge in [-0.05, 0) is 78.6 Å². The molecule has 5 N–H and O–H groups in total. The Labute approximate surface area is 203 Å². The minimum Gasteiger partial charge on any atom is -0.506 e. The van der Waals surface area contributed by atoms with Crippen LogP contribution in [0.15, 0.2) is 41.2 Å². The van der Waals surface area contributed by atoms with Crippen molar-refractivity contribution in [2.75, 3.05) is 6.54 Å². The van der Waals surface area contributed by atoms with E-state index in [1.807, 2.05) is 6.07 Å². The first kappa shape index (κ1) is 26.0. The number of nitrogens with one attached hydrogen (secondary N) is 2. The number of carbonyl (C=O) groups is 2. The van der Waals surface area contributed by atoms with Crippen molar-refractivity contribution in [2.45, 2.75) is 58.4 Å². The standard InChI is InChI=1S/C24H28N2O2.C3H4O4/c1-3-15-11-18-13-20(14-19(18)12-16(15)4-2)25-10-9-17-5-7-22(27)24-21(17)6-8-23(28)26-24;4-2(5)1-3(6)7/h5-8,11-12,20,25,27H,3-4,9-10,13-14H2,1-2H3,(H,26,28);1H2,(H,4,5)(H,6,7). The molecule has 0 atom stereocenters. The molecule has 0 aliphatic heterocycles. The van der Waals surface area contributed by atoms with E-state index in [1.54, 1.807) is 12.1 Å². The number of rotatable bonds is 8. The third kappa shape index (κ3) is 6.70. The summed E-state index contributed by atoms with van der Waals surface area (Å²) in [5.41, 5.74) is 7.45. The fraction of sp³-hybridized carbons (Fsp3) is 0.370. The first-order valence-electron chi connectivity index (χ1n) is 11.9. The molecule has 1 aliphatic carbocycles. The van der Waals surface area contributed by atoms with E-state index in [0.29, 0.717) is 11.6 Å². The number of aromatic nitrogens is 1. The van der Waals surface area contributed by atoms with Crippen LogP contribution in [0, 0.1) is 0 Å². The average molecular weight is 481 g/mol. The highest BCUT2D eigenvalue weighted by atomic mass is 16.4. The van der Waals surface area contributed by atoms with E-state index in [-0.39, 0.29) is 11.3 Å². The van der Waals surface area contributed by atoms with Crippen molar-refractivity contribution in [3.8, 4) is 5.75 Å². The number of benzene rings is 2. The Morgan fingerprint density at radius 1 is 0.943 bits per heavy atom. The predicted octanol–water partition coefficient (Wildman–Crippen LogP) is 3.20. The summed E-state index contributed by atoms with van der Waals surface area (Å²) in [6, 6.07) is 12.2. The fourth-order valence-corrected chi connectivity index (χ4v) is 4.63. The van der Waals surface area contributed by atoms with Gasteiger partial charge in [-0.2, -0.15) is 0 Å². The number of phenolic OH excluding ortho intramolecular Hbond substituents is 1. The summed E-state index contributed by atoms with van der Waals surface area (Å²) in [7, 11) is 0. The zero-order valence-corrected chi connectivity index (χ0v) is 20.1. The Hall–Kier alpha value is -3.65. The zero-order valence-electron chi connectivity index (χ0n) is 20.1. The molecule has 2 aromatic carbocycles. The number of fused-ring (bicyclic) bond motifs is 2. The minimum atomic E-state index is -1.31. The maximum absolute atomic E-state index is 11.6. The van der Waals surface area contributed by atoms with Crippen molar-refractivity contribution in [3.63, 3.8) is 0 Å². The Balaban J connectivity index is 0.000000429. The highest BCUT2D eigenvalue weighted by molar-refractivity contribution is 5.89. The predicted molar refractivity (Wildman–Crippen MR) is 134 cm³/mol. The summed E-state index contributed by atoms with van der Waals surface area (Å²) < 4.78 is 0. The van der Waals surface area contributed by atoms with E-state index < -0.39 is 18.4 Å². The molecule has 0 unspecified atom stereocenters. The Morgan fingerprint density at radius 3 is 2.06 bits per heavy atom. The lowest BCUT2D eigenvalue weighted by Gasteiger charge is -2.13. The Morgan fingerprint density at radius 2 is 1.54 bits per heavy atom. The lowest BCUT2D eigenvalue weighted by atomic mass is 9.97. The van der Waals surface area contributed by atoms with Crippen molar-refractivity contribution in [1.82, 2.24) is 10.3 Å². The second kappa shape index (κ2) is 11.7. The average Bonchev–Trinajstić information content (AvgIpc) is 3.20. The summed E-state index contributed by atoms with van der Waals surface area (Å²) in [4.78, 5) is 33.2. The largest absolute Gasteiger partial charge is 0.506 e. The summed E-state index contributed by atoms with van der Waals surface area (Å²) in [6.45, 7) is 5.35. The van der Waals surface area contributed by atoms with Crippen LogP contribution in [0.2, 0.25) is 0 Å². The van der Waals surface area contributed by atoms with Crippen LogP contribution < -0.4 is 10.9 Å². The maximum atomic E-state index is 11.6. The highest BCUT2D eigenvalue weighted by Crippen LogP contribution is 2.28. The number of phenols is 1. The van der Waals surface area contributed by atoms with E-state index >= 15 is 0 Å². The number of aryl methyl sites for hydroxylation is 2. The molecule has 1 heterocycles. The number of carboxylic acids is 2. The molecule has 0 saturated heterocycles. The van der Waals surface area contributed by atoms with Gasteiger partial charge in [0, 0.05) is 17.5 Å². The number of hydrogen-bond donors (Lipinski definition) is 5. The van der Waals surface area contributed by atoms with Gasteiger partial charge < -0.3 is 25.6 Å². The van der Waals surface area contributed by atoms with Gasteiger partial charge in [0.05, 0.1) is 5.52 Å². The van der Waals surface area contributed by atoms with Crippen LogP contribution in [0.4, 0.5) is 0 Å². The molecule has 0 spiro atoms. The van der Waals surface area contributed by atoms with Crippen LogP contribution in [-0.4, -0.2) is 44.8 Å². The van der Waals surface area contributed by atoms with Gasteiger partial charge in [-0.1, -0.05) is 32.0 Å². The number of carboxylic acid groups (broad SMARTS) is 2. The van der Waals surface area contributed by atoms with Crippen molar-refractivity contribution >= 4 is 22.8 Å². The molecule has 35 heavy (non-hydrogen) atoms. The first-order chi connectivity index (χ1) is 16.7. The molecule has 1 aromatic heterocycles. The molecule has 0 fully saturated rings. The molecule has 0 saturated carbocycles. The quantitative estimate of drug-likeness (QED) is 0.312. The number of hydrogen-bond acceptors (Lipinski definition) is 5. The van der Waals surface area contributed by atoms with Crippen LogP contribution in [0.3, 0.4) is 0 Å². The number of aromatic hydroxyl groups is 1. The van der Waals surface area contributed by atoms with E-state index in [4.69, 9.17) is 10.2 Å². The first-order valence-corrected chi connectivity index (χ1v) is 11.9. The maximum Gasteiger partial charge on any atom is 0.314 e. The molecule has 0 amide bonds. The van der Waals surface area contributed by atoms with Crippen LogP contribution in [-0.2, 0) is 41.7 Å². The molecule has 8 heteroatoms. The van der Waals surface area contributed by atoms with E-state index in [0.717, 1.165) is 49.6 Å². The SMILES string of the molecule is CCc1cc2c(cc1CC)CC(NCCc1ccc(O)c3[nH]c(=O)ccc13)C2.O=C(O)CC(=O)O. The van der Waals surface area contributed by atoms with E-state index in [2.05, 4.69) is 36.3 Å². The normalized spacial score (nSPS) is 12.7. The van der Waals surface area contributed by atoms with Gasteiger partial charge >= 0.3 is 11.9 Å². The lowest BCUT2D eigenvalue weighted by molar-refractivity contribution is -0.147. The van der Waals surface area contributed by atoms with Crippen LogP contribution in [0.1, 0.15) is 48.1 Å². The molecule has 4 rings (SSSR count). The van der Waals surface area contributed by atoms with E-state index in [9.17, 15) is 19.5 Å². The Bertz CT molecular complexity index is 1240. The van der Waals surface area contributed by atoms with Crippen molar-refractivity contribution in [2.24, 2.45) is 0 Å². The number of aromatic amines is 1. The minimum absolute atomic E-state index is 0.120. The monoisotopic (exact) mass is 480 g/mol. The van der Waals surface area contributed by atoms with Crippen LogP contribution in [0.25, 0.3) is 10.9 Å². The van der Waals surface area contributed by atoms with Crippen molar-refractivity contribution in [1.29, 1.82) is 0 Å². The summed E-state index contributed by atoms with van der Waals surface area (Å²) in [5.74, 6) is -2.51. The van der Waals surface area contributed by atoms with Gasteiger partial charge in [0.2, 0.25) is 5.56 Å². The molecule has 3 aromatic rings. The molecule has 0 radical (unpaired) electrons. The number of H-pyrrole nitrogens is 1. The summed E-state index contributed by atoms with van der Waals surface area (Å²) in [6.07, 6.45) is 4.44. The zero-order chi connectivity index (χ0) is 25.5. The van der Waals surface area contributed by atoms with Gasteiger partial charge in [-0.3, -0.25) is 14.4 Å². The van der Waals surface area contributed by atoms with Gasteiger partial charge in [0.15, 0.2) is 0 Å². The highest BCUT2D eigenvalue weighted by Gasteiger charge is 2.22. The van der Waals surface area contributed by atoms with Gasteiger partial charge in [0.1, 0.15) is 12.2 Å². The van der Waals surface area contributed by atoms with Gasteiger partial charge in [-0.15, -0.1) is 0 Å². The fourth-order valence-electron chi connectivity index (χ4n) is 4.63. The molecule has 0 bridgehead atoms. The number of pyridine rings is 1. The molecular weight excluding hydrogens is 448 g/mol. The van der Waals surface area contributed by atoms with Crippen molar-refractivity contribution in [3.05, 3.63) is 74.6 Å². The topological polar surface area (TPSA) is 140 Å². The molecular formula is C27H32N2O6.